The molecule has 31 heavy (non-hydrogen) atoms. The van der Waals surface area contributed by atoms with Crippen LogP contribution in [0.4, 0.5) is 11.4 Å². The molecule has 9 heteroatoms. The molecule has 0 saturated heterocycles. The normalized spacial score (nSPS) is 12.3. The number of sulfonamides is 2. The van der Waals surface area contributed by atoms with Gasteiger partial charge < -0.3 is 0 Å². The Hall–Kier alpha value is -2.36. The first kappa shape index (κ1) is 23.3. The summed E-state index contributed by atoms with van der Waals surface area (Å²) in [6, 6.07) is 16.6. The summed E-state index contributed by atoms with van der Waals surface area (Å²) < 4.78 is 54.5. The summed E-state index contributed by atoms with van der Waals surface area (Å²) in [4.78, 5) is 0.824. The Morgan fingerprint density at radius 3 is 1.77 bits per heavy atom. The molecule has 0 aliphatic heterocycles. The zero-order valence-corrected chi connectivity index (χ0v) is 20.2. The van der Waals surface area contributed by atoms with E-state index in [-0.39, 0.29) is 0 Å². The Labute approximate surface area is 188 Å². The molecule has 6 nitrogen and oxygen atoms in total. The minimum absolute atomic E-state index is 0.519. The molecule has 3 aromatic rings. The average molecular weight is 479 g/mol. The predicted molar refractivity (Wildman–Crippen MR) is 131 cm³/mol. The number of para-hydroxylation sites is 1. The topological polar surface area (TPSA) is 92.3 Å². The fraction of sp³-hybridized carbons (Fsp3) is 0.273. The molecule has 0 fully saturated rings. The van der Waals surface area contributed by atoms with E-state index in [0.29, 0.717) is 11.4 Å². The summed E-state index contributed by atoms with van der Waals surface area (Å²) in [6.45, 7) is 6.53. The van der Waals surface area contributed by atoms with Gasteiger partial charge in [-0.3, -0.25) is 9.44 Å². The molecule has 166 valence electrons. The minimum Gasteiger partial charge on any atom is -0.283 e. The Bertz CT molecular complexity index is 1260. The number of anilines is 2. The number of benzene rings is 2. The van der Waals surface area contributed by atoms with Gasteiger partial charge in [-0.2, -0.15) is 0 Å². The summed E-state index contributed by atoms with van der Waals surface area (Å²) in [6.07, 6.45) is 0. The Morgan fingerprint density at radius 1 is 0.677 bits per heavy atom. The number of thiophene rings is 1. The van der Waals surface area contributed by atoms with Gasteiger partial charge in [-0.25, -0.2) is 16.8 Å². The molecule has 0 atom stereocenters. The molecule has 0 unspecified atom stereocenters. The first-order valence-electron chi connectivity index (χ1n) is 9.82. The van der Waals surface area contributed by atoms with Gasteiger partial charge in [0.2, 0.25) is 20.0 Å². The highest BCUT2D eigenvalue weighted by Crippen LogP contribution is 2.36. The highest BCUT2D eigenvalue weighted by atomic mass is 32.2. The quantitative estimate of drug-likeness (QED) is 0.454. The summed E-state index contributed by atoms with van der Waals surface area (Å²) in [5, 5.41) is 0.765. The fourth-order valence-electron chi connectivity index (χ4n) is 2.78. The van der Waals surface area contributed by atoms with Crippen LogP contribution in [0.3, 0.4) is 0 Å². The van der Waals surface area contributed by atoms with E-state index in [0.717, 1.165) is 21.6 Å². The Morgan fingerprint density at radius 2 is 1.19 bits per heavy atom. The molecule has 1 heterocycles. The lowest BCUT2D eigenvalue weighted by molar-refractivity contribution is 0.591. The van der Waals surface area contributed by atoms with Gasteiger partial charge in [-0.05, 0) is 56.3 Å². The van der Waals surface area contributed by atoms with Crippen LogP contribution in [-0.2, 0) is 20.0 Å². The zero-order valence-electron chi connectivity index (χ0n) is 17.8. The molecule has 0 amide bonds. The maximum atomic E-state index is 12.3. The third kappa shape index (κ3) is 5.28. The molecular formula is C22H26N2O4S3. The van der Waals surface area contributed by atoms with Gasteiger partial charge in [0.25, 0.3) is 0 Å². The van der Waals surface area contributed by atoms with Crippen molar-refractivity contribution >= 4 is 42.8 Å². The van der Waals surface area contributed by atoms with Gasteiger partial charge in [-0.15, -0.1) is 11.3 Å². The van der Waals surface area contributed by atoms with Crippen LogP contribution in [0.5, 0.6) is 0 Å². The molecule has 0 saturated carbocycles. The van der Waals surface area contributed by atoms with Crippen LogP contribution in [-0.4, -0.2) is 27.3 Å². The van der Waals surface area contributed by atoms with E-state index in [1.165, 1.54) is 11.3 Å². The van der Waals surface area contributed by atoms with Crippen molar-refractivity contribution in [3.8, 4) is 21.6 Å². The second kappa shape index (κ2) is 9.02. The van der Waals surface area contributed by atoms with Crippen LogP contribution in [0.15, 0.2) is 60.0 Å². The first-order valence-corrected chi connectivity index (χ1v) is 13.8. The lowest BCUT2D eigenvalue weighted by Crippen LogP contribution is -2.22. The van der Waals surface area contributed by atoms with Crippen molar-refractivity contribution < 1.29 is 16.8 Å². The summed E-state index contributed by atoms with van der Waals surface area (Å²) in [5.74, 6) is 0. The van der Waals surface area contributed by atoms with E-state index in [1.54, 1.807) is 45.9 Å². The summed E-state index contributed by atoms with van der Waals surface area (Å²) >= 11 is 1.45. The molecule has 2 aromatic carbocycles. The molecule has 0 spiro atoms. The van der Waals surface area contributed by atoms with Crippen LogP contribution in [0.1, 0.15) is 27.7 Å². The van der Waals surface area contributed by atoms with E-state index >= 15 is 0 Å². The molecular weight excluding hydrogens is 452 g/mol. The number of rotatable bonds is 8. The Kier molecular flexibility index (Phi) is 6.78. The van der Waals surface area contributed by atoms with E-state index in [4.69, 9.17) is 0 Å². The molecule has 0 radical (unpaired) electrons. The largest absolute Gasteiger partial charge is 0.283 e. The van der Waals surface area contributed by atoms with Crippen LogP contribution in [0.25, 0.3) is 21.6 Å². The van der Waals surface area contributed by atoms with Gasteiger partial charge in [0.05, 0.1) is 26.8 Å². The molecule has 3 rings (SSSR count). The lowest BCUT2D eigenvalue weighted by atomic mass is 10.0. The number of hydrogen-bond acceptors (Lipinski definition) is 5. The zero-order chi connectivity index (χ0) is 22.8. The highest BCUT2D eigenvalue weighted by molar-refractivity contribution is 7.93. The standard InChI is InChI=1S/C22H26N2O4S3/c1-15(2)30(25,26)23-20-8-6-5-7-19(20)17-9-11-18(12-10-17)22-21(13-14-29-22)24-31(27,28)16(3)4/h5-16,23-24H,1-4H3. The van der Waals surface area contributed by atoms with Crippen molar-refractivity contribution in [3.05, 3.63) is 60.0 Å². The van der Waals surface area contributed by atoms with Crippen molar-refractivity contribution in [2.75, 3.05) is 9.44 Å². The SMILES string of the molecule is CC(C)S(=O)(=O)Nc1ccccc1-c1ccc(-c2sccc2NS(=O)(=O)C(C)C)cc1. The summed E-state index contributed by atoms with van der Waals surface area (Å²) in [5.41, 5.74) is 3.57. The first-order chi connectivity index (χ1) is 14.5. The second-order valence-electron chi connectivity index (χ2n) is 7.68. The fourth-order valence-corrected chi connectivity index (χ4v) is 5.14. The van der Waals surface area contributed by atoms with Crippen molar-refractivity contribution in [1.29, 1.82) is 0 Å². The minimum atomic E-state index is -3.47. The molecule has 2 N–H and O–H groups in total. The molecule has 0 aliphatic carbocycles. The monoisotopic (exact) mass is 478 g/mol. The van der Waals surface area contributed by atoms with Gasteiger partial charge in [0.1, 0.15) is 0 Å². The van der Waals surface area contributed by atoms with Crippen molar-refractivity contribution in [2.24, 2.45) is 0 Å². The predicted octanol–water partition coefficient (Wildman–Crippen LogP) is 5.38. The van der Waals surface area contributed by atoms with E-state index in [2.05, 4.69) is 9.44 Å². The average Bonchev–Trinajstić information content (AvgIpc) is 3.15. The molecule has 1 aromatic heterocycles. The van der Waals surface area contributed by atoms with Crippen LogP contribution >= 0.6 is 11.3 Å². The maximum Gasteiger partial charge on any atom is 0.235 e. The van der Waals surface area contributed by atoms with Crippen LogP contribution in [0, 0.1) is 0 Å². The second-order valence-corrected chi connectivity index (χ2v) is 13.1. The van der Waals surface area contributed by atoms with Crippen LogP contribution in [0.2, 0.25) is 0 Å². The van der Waals surface area contributed by atoms with Crippen LogP contribution < -0.4 is 9.44 Å². The van der Waals surface area contributed by atoms with Crippen molar-refractivity contribution in [3.63, 3.8) is 0 Å². The smallest absolute Gasteiger partial charge is 0.235 e. The number of hydrogen-bond donors (Lipinski definition) is 2. The van der Waals surface area contributed by atoms with E-state index in [9.17, 15) is 16.8 Å². The lowest BCUT2D eigenvalue weighted by Gasteiger charge is -2.15. The molecule has 0 aliphatic rings. The van der Waals surface area contributed by atoms with Gasteiger partial charge in [0.15, 0.2) is 0 Å². The van der Waals surface area contributed by atoms with E-state index in [1.807, 2.05) is 41.8 Å². The van der Waals surface area contributed by atoms with Gasteiger partial charge >= 0.3 is 0 Å². The third-order valence-electron chi connectivity index (χ3n) is 4.80. The highest BCUT2D eigenvalue weighted by Gasteiger charge is 2.20. The third-order valence-corrected chi connectivity index (χ3v) is 9.25. The van der Waals surface area contributed by atoms with Gasteiger partial charge in [-0.1, -0.05) is 42.5 Å². The molecule has 0 bridgehead atoms. The summed E-state index contributed by atoms with van der Waals surface area (Å²) in [7, 11) is -6.91. The van der Waals surface area contributed by atoms with Crippen molar-refractivity contribution in [1.82, 2.24) is 0 Å². The number of nitrogens with one attached hydrogen (secondary N) is 2. The Balaban J connectivity index is 1.92. The van der Waals surface area contributed by atoms with Gasteiger partial charge in [0, 0.05) is 5.56 Å². The van der Waals surface area contributed by atoms with E-state index < -0.39 is 30.5 Å². The maximum absolute atomic E-state index is 12.3. The van der Waals surface area contributed by atoms with Crippen molar-refractivity contribution in [2.45, 2.75) is 38.2 Å².